The predicted octanol–water partition coefficient (Wildman–Crippen LogP) is 4.34. The maximum absolute atomic E-state index is 12.5. The van der Waals surface area contributed by atoms with Gasteiger partial charge >= 0.3 is 6.18 Å². The van der Waals surface area contributed by atoms with Crippen LogP contribution in [0.4, 0.5) is 13.2 Å². The maximum Gasteiger partial charge on any atom is 0.416 e. The smallest absolute Gasteiger partial charge is 0.416 e. The molecule has 2 rings (SSSR count). The van der Waals surface area contributed by atoms with Crippen LogP contribution in [0.15, 0.2) is 34.9 Å². The molecular weight excluding hydrogens is 281 g/mol. The molecule has 1 atom stereocenters. The molecule has 0 bridgehead atoms. The van der Waals surface area contributed by atoms with E-state index >= 15 is 0 Å². The molecule has 1 aromatic heterocycles. The number of aliphatic hydroxyl groups is 1. The first-order valence-electron chi connectivity index (χ1n) is 5.39. The highest BCUT2D eigenvalue weighted by Gasteiger charge is 2.31. The monoisotopic (exact) mass is 290 g/mol. The van der Waals surface area contributed by atoms with E-state index in [1.165, 1.54) is 25.3 Å². The van der Waals surface area contributed by atoms with Gasteiger partial charge in [-0.2, -0.15) is 13.2 Å². The second kappa shape index (κ2) is 4.90. The molecule has 0 spiro atoms. The molecule has 102 valence electrons. The molecule has 0 saturated heterocycles. The van der Waals surface area contributed by atoms with E-state index in [1.807, 2.05) is 0 Å². The van der Waals surface area contributed by atoms with Crippen molar-refractivity contribution < 1.29 is 22.7 Å². The molecule has 0 aliphatic heterocycles. The summed E-state index contributed by atoms with van der Waals surface area (Å²) in [4.78, 5) is 0. The Balaban J connectivity index is 2.39. The van der Waals surface area contributed by atoms with Gasteiger partial charge in [0, 0.05) is 5.56 Å². The predicted molar refractivity (Wildman–Crippen MR) is 64.0 cm³/mol. The number of benzene rings is 1. The molecular formula is C13H10ClF3O2. The Morgan fingerprint density at radius 2 is 1.89 bits per heavy atom. The van der Waals surface area contributed by atoms with Crippen LogP contribution >= 0.6 is 11.6 Å². The largest absolute Gasteiger partial charge is 0.453 e. The van der Waals surface area contributed by atoms with E-state index in [0.29, 0.717) is 16.7 Å². The van der Waals surface area contributed by atoms with Gasteiger partial charge in [-0.25, -0.2) is 0 Å². The summed E-state index contributed by atoms with van der Waals surface area (Å²) in [7, 11) is 0. The molecule has 6 heteroatoms. The van der Waals surface area contributed by atoms with Gasteiger partial charge in [0.2, 0.25) is 0 Å². The summed E-state index contributed by atoms with van der Waals surface area (Å²) < 4.78 is 42.5. The van der Waals surface area contributed by atoms with Crippen LogP contribution in [-0.4, -0.2) is 5.11 Å². The van der Waals surface area contributed by atoms with Gasteiger partial charge in [-0.3, -0.25) is 0 Å². The zero-order valence-corrected chi connectivity index (χ0v) is 10.6. The molecule has 19 heavy (non-hydrogen) atoms. The molecule has 1 N–H and O–H groups in total. The molecule has 1 heterocycles. The van der Waals surface area contributed by atoms with Gasteiger partial charge in [0.15, 0.2) is 5.22 Å². The van der Waals surface area contributed by atoms with Crippen molar-refractivity contribution in [1.29, 1.82) is 0 Å². The molecule has 0 saturated carbocycles. The Bertz CT molecular complexity index is 590. The summed E-state index contributed by atoms with van der Waals surface area (Å²) in [5.74, 6) is 0. The van der Waals surface area contributed by atoms with Gasteiger partial charge in [0.05, 0.1) is 11.8 Å². The third-order valence-corrected chi connectivity index (χ3v) is 3.14. The minimum Gasteiger partial charge on any atom is -0.453 e. The van der Waals surface area contributed by atoms with Crippen molar-refractivity contribution in [3.8, 4) is 0 Å². The average molecular weight is 291 g/mol. The molecule has 0 aliphatic carbocycles. The van der Waals surface area contributed by atoms with E-state index in [4.69, 9.17) is 16.0 Å². The number of rotatable bonds is 2. The van der Waals surface area contributed by atoms with E-state index in [1.54, 1.807) is 0 Å². The van der Waals surface area contributed by atoms with Crippen molar-refractivity contribution >= 4 is 11.6 Å². The Morgan fingerprint density at radius 1 is 1.21 bits per heavy atom. The van der Waals surface area contributed by atoms with Gasteiger partial charge < -0.3 is 9.52 Å². The van der Waals surface area contributed by atoms with E-state index in [-0.39, 0.29) is 5.22 Å². The molecule has 0 amide bonds. The molecule has 2 nitrogen and oxygen atoms in total. The van der Waals surface area contributed by atoms with Crippen LogP contribution < -0.4 is 0 Å². The lowest BCUT2D eigenvalue weighted by Crippen LogP contribution is -2.08. The van der Waals surface area contributed by atoms with Gasteiger partial charge in [0.1, 0.15) is 6.10 Å². The van der Waals surface area contributed by atoms with E-state index in [9.17, 15) is 18.3 Å². The van der Waals surface area contributed by atoms with Gasteiger partial charge in [-0.1, -0.05) is 6.07 Å². The fraction of sp³-hybridized carbons (Fsp3) is 0.231. The second-order valence-corrected chi connectivity index (χ2v) is 4.46. The summed E-state index contributed by atoms with van der Waals surface area (Å²) in [5.41, 5.74) is 0.264. The third kappa shape index (κ3) is 2.77. The van der Waals surface area contributed by atoms with Crippen molar-refractivity contribution in [2.45, 2.75) is 19.2 Å². The lowest BCUT2D eigenvalue weighted by atomic mass is 9.97. The van der Waals surface area contributed by atoms with Crippen molar-refractivity contribution in [3.63, 3.8) is 0 Å². The first kappa shape index (κ1) is 14.0. The van der Waals surface area contributed by atoms with Crippen molar-refractivity contribution in [2.24, 2.45) is 0 Å². The minimum atomic E-state index is -4.40. The fourth-order valence-electron chi connectivity index (χ4n) is 1.83. The van der Waals surface area contributed by atoms with Crippen LogP contribution in [0.5, 0.6) is 0 Å². The summed E-state index contributed by atoms with van der Waals surface area (Å²) in [5, 5.41) is 10.1. The highest BCUT2D eigenvalue weighted by Crippen LogP contribution is 2.34. The minimum absolute atomic E-state index is 0.0202. The summed E-state index contributed by atoms with van der Waals surface area (Å²) in [6.45, 7) is 1.50. The van der Waals surface area contributed by atoms with E-state index in [0.717, 1.165) is 12.1 Å². The highest BCUT2D eigenvalue weighted by atomic mass is 35.5. The van der Waals surface area contributed by atoms with Gasteiger partial charge in [-0.05, 0) is 47.9 Å². The molecule has 1 unspecified atom stereocenters. The van der Waals surface area contributed by atoms with Gasteiger partial charge in [-0.15, -0.1) is 0 Å². The highest BCUT2D eigenvalue weighted by molar-refractivity contribution is 6.29. The topological polar surface area (TPSA) is 33.4 Å². The van der Waals surface area contributed by atoms with Crippen molar-refractivity contribution in [2.75, 3.05) is 0 Å². The number of aliphatic hydroxyl groups excluding tert-OH is 1. The third-order valence-electron chi connectivity index (χ3n) is 2.83. The molecule has 0 radical (unpaired) electrons. The Labute approximate surface area is 112 Å². The normalized spacial score (nSPS) is 13.6. The number of alkyl halides is 3. The van der Waals surface area contributed by atoms with Crippen molar-refractivity contribution in [3.05, 3.63) is 58.0 Å². The Morgan fingerprint density at radius 3 is 2.37 bits per heavy atom. The van der Waals surface area contributed by atoms with Gasteiger partial charge in [0.25, 0.3) is 0 Å². The lowest BCUT2D eigenvalue weighted by Gasteiger charge is -2.15. The number of hydrogen-bond donors (Lipinski definition) is 1. The SMILES string of the molecule is Cc1cc(C(F)(F)F)ccc1C(O)c1ccoc1Cl. The van der Waals surface area contributed by atoms with Crippen molar-refractivity contribution in [1.82, 2.24) is 0 Å². The molecule has 0 fully saturated rings. The molecule has 0 aliphatic rings. The second-order valence-electron chi connectivity index (χ2n) is 4.12. The zero-order valence-electron chi connectivity index (χ0n) is 9.83. The first-order chi connectivity index (χ1) is 8.80. The Kier molecular flexibility index (Phi) is 3.60. The summed E-state index contributed by atoms with van der Waals surface area (Å²) >= 11 is 5.73. The Hall–Kier alpha value is -1.46. The van der Waals surface area contributed by atoms with Crippen LogP contribution in [0, 0.1) is 6.92 Å². The van der Waals surface area contributed by atoms with E-state index in [2.05, 4.69) is 0 Å². The lowest BCUT2D eigenvalue weighted by molar-refractivity contribution is -0.137. The zero-order chi connectivity index (χ0) is 14.2. The van der Waals surface area contributed by atoms with Crippen LogP contribution in [-0.2, 0) is 6.18 Å². The summed E-state index contributed by atoms with van der Waals surface area (Å²) in [6.07, 6.45) is -4.21. The number of hydrogen-bond acceptors (Lipinski definition) is 2. The fourth-order valence-corrected chi connectivity index (χ4v) is 2.04. The first-order valence-corrected chi connectivity index (χ1v) is 5.77. The number of furan rings is 1. The maximum atomic E-state index is 12.5. The quantitative estimate of drug-likeness (QED) is 0.892. The van der Waals surface area contributed by atoms with Crippen LogP contribution in [0.1, 0.15) is 28.4 Å². The van der Waals surface area contributed by atoms with Crippen LogP contribution in [0.25, 0.3) is 0 Å². The van der Waals surface area contributed by atoms with E-state index < -0.39 is 17.8 Å². The molecule has 2 aromatic rings. The summed E-state index contributed by atoms with van der Waals surface area (Å²) in [6, 6.07) is 4.64. The van der Waals surface area contributed by atoms with Crippen LogP contribution in [0.3, 0.4) is 0 Å². The average Bonchev–Trinajstić information content (AvgIpc) is 2.73. The standard InChI is InChI=1S/C13H10ClF3O2/c1-7-6-8(13(15,16)17)2-3-9(7)11(18)10-4-5-19-12(10)14/h2-6,11,18H,1H3. The number of halogens is 4. The number of aryl methyl sites for hydroxylation is 1. The molecule has 1 aromatic carbocycles. The van der Waals surface area contributed by atoms with Crippen LogP contribution in [0.2, 0.25) is 5.22 Å².